The molecule has 0 saturated carbocycles. The summed E-state index contributed by atoms with van der Waals surface area (Å²) in [5, 5.41) is 4.38. The molecule has 5 rings (SSSR count). The van der Waals surface area contributed by atoms with E-state index in [9.17, 15) is 13.2 Å². The zero-order chi connectivity index (χ0) is 26.7. The monoisotopic (exact) mass is 537 g/mol. The van der Waals surface area contributed by atoms with E-state index >= 15 is 0 Å². The van der Waals surface area contributed by atoms with E-state index in [1.54, 1.807) is 29.2 Å². The maximum absolute atomic E-state index is 13.5. The second kappa shape index (κ2) is 11.0. The summed E-state index contributed by atoms with van der Waals surface area (Å²) in [6.45, 7) is 7.99. The van der Waals surface area contributed by atoms with Crippen molar-refractivity contribution in [1.29, 1.82) is 0 Å². The van der Waals surface area contributed by atoms with Crippen molar-refractivity contribution in [2.24, 2.45) is 0 Å². The highest BCUT2D eigenvalue weighted by molar-refractivity contribution is 7.89. The van der Waals surface area contributed by atoms with E-state index in [0.29, 0.717) is 56.2 Å². The van der Waals surface area contributed by atoms with E-state index in [1.165, 1.54) is 10.4 Å². The van der Waals surface area contributed by atoms with Crippen LogP contribution >= 0.6 is 0 Å². The number of aromatic nitrogens is 5. The molecular weight excluding hydrogens is 506 g/mol. The van der Waals surface area contributed by atoms with Crippen LogP contribution in [-0.4, -0.2) is 81.7 Å². The molecule has 4 heterocycles. The number of piperazine rings is 1. The molecule has 1 aromatic carbocycles. The molecule has 4 aromatic rings. The van der Waals surface area contributed by atoms with Crippen LogP contribution in [0.1, 0.15) is 26.0 Å². The molecule has 11 nitrogen and oxygen atoms in total. The van der Waals surface area contributed by atoms with Crippen molar-refractivity contribution in [2.45, 2.75) is 31.7 Å². The molecule has 0 bridgehead atoms. The fraction of sp³-hybridized carbons (Fsp3) is 0.385. The van der Waals surface area contributed by atoms with Crippen LogP contribution in [0.3, 0.4) is 0 Å². The van der Waals surface area contributed by atoms with Crippen LogP contribution in [0.5, 0.6) is 5.75 Å². The summed E-state index contributed by atoms with van der Waals surface area (Å²) in [7, 11) is -3.74. The maximum atomic E-state index is 13.5. The minimum absolute atomic E-state index is 0.134. The molecule has 12 heteroatoms. The second-order valence-electron chi connectivity index (χ2n) is 9.14. The first kappa shape index (κ1) is 26.0. The minimum Gasteiger partial charge on any atom is -0.493 e. The lowest BCUT2D eigenvalue weighted by Crippen LogP contribution is -2.48. The van der Waals surface area contributed by atoms with E-state index in [4.69, 9.17) is 4.74 Å². The Morgan fingerprint density at radius 3 is 2.61 bits per heavy atom. The topological polar surface area (TPSA) is 126 Å². The van der Waals surface area contributed by atoms with E-state index in [1.807, 2.05) is 25.1 Å². The van der Waals surface area contributed by atoms with Gasteiger partial charge in [-0.1, -0.05) is 19.9 Å². The van der Waals surface area contributed by atoms with E-state index in [2.05, 4.69) is 31.9 Å². The lowest BCUT2D eigenvalue weighted by Gasteiger charge is -2.33. The van der Waals surface area contributed by atoms with Gasteiger partial charge in [0.05, 0.1) is 35.5 Å². The molecule has 38 heavy (non-hydrogen) atoms. The summed E-state index contributed by atoms with van der Waals surface area (Å²) in [6, 6.07) is 10.3. The molecule has 200 valence electrons. The molecule has 0 aliphatic carbocycles. The third-order valence-electron chi connectivity index (χ3n) is 6.56. The van der Waals surface area contributed by atoms with Gasteiger partial charge < -0.3 is 14.6 Å². The maximum Gasteiger partial charge on any atom is 0.279 e. The van der Waals surface area contributed by atoms with Crippen LogP contribution in [0.4, 0.5) is 0 Å². The number of sulfonamides is 1. The first-order chi connectivity index (χ1) is 18.4. The molecule has 1 saturated heterocycles. The highest BCUT2D eigenvalue weighted by Gasteiger charge is 2.29. The summed E-state index contributed by atoms with van der Waals surface area (Å²) in [5.74, 6) is 0.670. The molecule has 0 spiro atoms. The fourth-order valence-corrected chi connectivity index (χ4v) is 5.91. The predicted molar refractivity (Wildman–Crippen MR) is 144 cm³/mol. The summed E-state index contributed by atoms with van der Waals surface area (Å²) >= 11 is 0. The lowest BCUT2D eigenvalue weighted by atomic mass is 10.2. The quantitative estimate of drug-likeness (QED) is 0.345. The highest BCUT2D eigenvalue weighted by atomic mass is 32.2. The number of pyridine rings is 1. The van der Waals surface area contributed by atoms with Crippen LogP contribution in [-0.2, 0) is 16.6 Å². The number of likely N-dealkylation sites (N-methyl/N-ethyl adjacent to an activating group) is 1. The number of fused-ring (bicyclic) bond motifs is 1. The van der Waals surface area contributed by atoms with Crippen LogP contribution in [0.25, 0.3) is 22.4 Å². The third kappa shape index (κ3) is 5.33. The van der Waals surface area contributed by atoms with Crippen LogP contribution in [0.2, 0.25) is 0 Å². The number of nitrogens with zero attached hydrogens (tertiary/aromatic N) is 6. The van der Waals surface area contributed by atoms with Crippen LogP contribution in [0, 0.1) is 0 Å². The Balaban J connectivity index is 1.53. The first-order valence-corrected chi connectivity index (χ1v) is 14.2. The van der Waals surface area contributed by atoms with Crippen molar-refractivity contribution in [1.82, 2.24) is 33.9 Å². The van der Waals surface area contributed by atoms with Gasteiger partial charge in [0, 0.05) is 32.4 Å². The number of rotatable bonds is 9. The number of hydrogen-bond donors (Lipinski definition) is 1. The van der Waals surface area contributed by atoms with Gasteiger partial charge in [0.25, 0.3) is 5.56 Å². The van der Waals surface area contributed by atoms with Gasteiger partial charge in [-0.15, -0.1) is 0 Å². The molecule has 0 atom stereocenters. The molecule has 1 aliphatic rings. The molecule has 1 fully saturated rings. The van der Waals surface area contributed by atoms with Crippen LogP contribution in [0.15, 0.2) is 58.5 Å². The number of aromatic amines is 1. The number of benzene rings is 1. The standard InChI is InChI=1S/C26H31N7O4S/c1-3-15-37-23-9-8-20(38(35,36)33-13-11-31(4-2)12-14-33)16-21(23)25-28-22-18-32(30-24(22)26(34)29-25)17-19-7-5-6-10-27-19/h5-10,16,18H,3-4,11-15,17H2,1-2H3,(H,28,29,34). The van der Waals surface area contributed by atoms with Gasteiger partial charge in [0.1, 0.15) is 17.1 Å². The fourth-order valence-electron chi connectivity index (χ4n) is 4.46. The summed E-state index contributed by atoms with van der Waals surface area (Å²) in [5.41, 5.74) is 1.37. The average molecular weight is 538 g/mol. The zero-order valence-electron chi connectivity index (χ0n) is 21.5. The summed E-state index contributed by atoms with van der Waals surface area (Å²) < 4.78 is 36.0. The molecule has 1 N–H and O–H groups in total. The Morgan fingerprint density at radius 1 is 1.08 bits per heavy atom. The highest BCUT2D eigenvalue weighted by Crippen LogP contribution is 2.32. The van der Waals surface area contributed by atoms with Gasteiger partial charge in [-0.3, -0.25) is 14.5 Å². The van der Waals surface area contributed by atoms with E-state index in [-0.39, 0.29) is 16.2 Å². The van der Waals surface area contributed by atoms with Gasteiger partial charge in [-0.25, -0.2) is 13.4 Å². The normalized spacial score (nSPS) is 15.2. The van der Waals surface area contributed by atoms with Crippen molar-refractivity contribution >= 4 is 21.1 Å². The molecule has 1 aliphatic heterocycles. The zero-order valence-corrected chi connectivity index (χ0v) is 22.3. The molecule has 3 aromatic heterocycles. The smallest absolute Gasteiger partial charge is 0.279 e. The summed E-state index contributed by atoms with van der Waals surface area (Å²) in [6.07, 6.45) is 4.15. The van der Waals surface area contributed by atoms with Crippen molar-refractivity contribution in [3.8, 4) is 17.1 Å². The Kier molecular flexibility index (Phi) is 7.54. The number of ether oxygens (including phenoxy) is 1. The van der Waals surface area contributed by atoms with Crippen molar-refractivity contribution in [3.63, 3.8) is 0 Å². The Bertz CT molecular complexity index is 1580. The summed E-state index contributed by atoms with van der Waals surface area (Å²) in [4.78, 5) is 27.1. The Labute approximate surface area is 221 Å². The SMILES string of the molecule is CCCOc1ccc(S(=O)(=O)N2CCN(CC)CC2)cc1-c1nc2cn(Cc3ccccn3)nc2c(=O)[nH]1. The number of H-pyrrole nitrogens is 1. The van der Waals surface area contributed by atoms with Crippen molar-refractivity contribution in [3.05, 3.63) is 64.8 Å². The van der Waals surface area contributed by atoms with Gasteiger partial charge in [0.2, 0.25) is 10.0 Å². The van der Waals surface area contributed by atoms with E-state index < -0.39 is 15.6 Å². The van der Waals surface area contributed by atoms with Crippen molar-refractivity contribution in [2.75, 3.05) is 39.3 Å². The Morgan fingerprint density at radius 2 is 1.89 bits per heavy atom. The van der Waals surface area contributed by atoms with Gasteiger partial charge in [-0.05, 0) is 43.3 Å². The predicted octanol–water partition coefficient (Wildman–Crippen LogP) is 2.34. The second-order valence-corrected chi connectivity index (χ2v) is 11.1. The Hall–Kier alpha value is -3.61. The minimum atomic E-state index is -3.74. The van der Waals surface area contributed by atoms with Gasteiger partial charge in [0.15, 0.2) is 5.52 Å². The van der Waals surface area contributed by atoms with Gasteiger partial charge in [-0.2, -0.15) is 9.40 Å². The molecule has 0 radical (unpaired) electrons. The molecular formula is C26H31N7O4S. The lowest BCUT2D eigenvalue weighted by molar-refractivity contribution is 0.196. The first-order valence-electron chi connectivity index (χ1n) is 12.8. The van der Waals surface area contributed by atoms with Gasteiger partial charge >= 0.3 is 0 Å². The number of hydrogen-bond acceptors (Lipinski definition) is 8. The largest absolute Gasteiger partial charge is 0.493 e. The number of nitrogens with one attached hydrogen (secondary N) is 1. The van der Waals surface area contributed by atoms with E-state index in [0.717, 1.165) is 18.7 Å². The molecule has 0 amide bonds. The molecule has 0 unspecified atom stereocenters. The van der Waals surface area contributed by atoms with Crippen molar-refractivity contribution < 1.29 is 13.2 Å². The average Bonchev–Trinajstić information content (AvgIpc) is 3.35. The van der Waals surface area contributed by atoms with Crippen LogP contribution < -0.4 is 10.3 Å². The third-order valence-corrected chi connectivity index (χ3v) is 8.45.